The zero-order valence-corrected chi connectivity index (χ0v) is 10.3. The molecule has 0 radical (unpaired) electrons. The van der Waals surface area contributed by atoms with Gasteiger partial charge in [0.05, 0.1) is 6.61 Å². The van der Waals surface area contributed by atoms with Gasteiger partial charge in [-0.25, -0.2) is 0 Å². The minimum Gasteiger partial charge on any atom is -0.380 e. The quantitative estimate of drug-likeness (QED) is 0.828. The maximum Gasteiger partial charge on any atom is 0.0575 e. The normalized spacial score (nSPS) is 25.7. The maximum absolute atomic E-state index is 6.01. The van der Waals surface area contributed by atoms with Crippen molar-refractivity contribution in [3.8, 4) is 0 Å². The van der Waals surface area contributed by atoms with E-state index in [1.54, 1.807) is 0 Å². The van der Waals surface area contributed by atoms with Gasteiger partial charge >= 0.3 is 0 Å². The van der Waals surface area contributed by atoms with Crippen molar-refractivity contribution in [2.45, 2.75) is 32.1 Å². The van der Waals surface area contributed by atoms with Gasteiger partial charge in [0.1, 0.15) is 0 Å². The van der Waals surface area contributed by atoms with Crippen molar-refractivity contribution in [3.05, 3.63) is 34.9 Å². The monoisotopic (exact) mass is 219 g/mol. The number of nitrogens with two attached hydrogens (primary N) is 1. The Hall–Kier alpha value is -0.860. The molecule has 88 valence electrons. The highest BCUT2D eigenvalue weighted by Gasteiger charge is 2.34. The van der Waals surface area contributed by atoms with Crippen molar-refractivity contribution < 1.29 is 4.74 Å². The fourth-order valence-corrected chi connectivity index (χ4v) is 2.66. The number of aryl methyl sites for hydroxylation is 1. The second-order valence-electron chi connectivity index (χ2n) is 4.89. The summed E-state index contributed by atoms with van der Waals surface area (Å²) in [5.74, 6) is 0. The van der Waals surface area contributed by atoms with E-state index in [1.807, 2.05) is 0 Å². The topological polar surface area (TPSA) is 35.2 Å². The molecule has 1 aliphatic heterocycles. The first-order chi connectivity index (χ1) is 7.69. The highest BCUT2D eigenvalue weighted by Crippen LogP contribution is 2.34. The van der Waals surface area contributed by atoms with Gasteiger partial charge in [0.15, 0.2) is 0 Å². The predicted molar refractivity (Wildman–Crippen MR) is 66.7 cm³/mol. The van der Waals surface area contributed by atoms with Crippen LogP contribution in [-0.2, 0) is 10.2 Å². The fraction of sp³-hybridized carbons (Fsp3) is 0.571. The summed E-state index contributed by atoms with van der Waals surface area (Å²) in [6, 6.07) is 6.50. The van der Waals surface area contributed by atoms with Gasteiger partial charge in [0.25, 0.3) is 0 Å². The van der Waals surface area contributed by atoms with E-state index in [4.69, 9.17) is 10.5 Å². The molecule has 2 heteroatoms. The molecule has 2 N–H and O–H groups in total. The smallest absolute Gasteiger partial charge is 0.0575 e. The van der Waals surface area contributed by atoms with E-state index in [0.29, 0.717) is 6.54 Å². The van der Waals surface area contributed by atoms with Gasteiger partial charge in [-0.15, -0.1) is 0 Å². The molecule has 1 aromatic carbocycles. The van der Waals surface area contributed by atoms with Gasteiger partial charge in [-0.3, -0.25) is 0 Å². The molecular weight excluding hydrogens is 198 g/mol. The lowest BCUT2D eigenvalue weighted by molar-refractivity contribution is 0.0374. The SMILES string of the molecule is Cc1cccc(C2(CN)CCCOC2)c1C. The molecule has 2 rings (SSSR count). The third-order valence-electron chi connectivity index (χ3n) is 3.89. The highest BCUT2D eigenvalue weighted by molar-refractivity contribution is 5.39. The molecule has 1 atom stereocenters. The third-order valence-corrected chi connectivity index (χ3v) is 3.89. The summed E-state index contributed by atoms with van der Waals surface area (Å²) >= 11 is 0. The van der Waals surface area contributed by atoms with Crippen molar-refractivity contribution in [1.29, 1.82) is 0 Å². The van der Waals surface area contributed by atoms with Gasteiger partial charge in [-0.05, 0) is 43.4 Å². The van der Waals surface area contributed by atoms with Crippen LogP contribution in [0.5, 0.6) is 0 Å². The van der Waals surface area contributed by atoms with Gasteiger partial charge < -0.3 is 10.5 Å². The molecule has 1 aromatic rings. The van der Waals surface area contributed by atoms with Gasteiger partial charge in [-0.1, -0.05) is 18.2 Å². The number of benzene rings is 1. The van der Waals surface area contributed by atoms with Gasteiger partial charge in [0.2, 0.25) is 0 Å². The molecule has 0 spiro atoms. The Labute approximate surface area is 97.8 Å². The summed E-state index contributed by atoms with van der Waals surface area (Å²) in [5, 5.41) is 0. The van der Waals surface area contributed by atoms with Gasteiger partial charge in [-0.2, -0.15) is 0 Å². The molecule has 0 amide bonds. The first-order valence-corrected chi connectivity index (χ1v) is 6.04. The summed E-state index contributed by atoms with van der Waals surface area (Å²) in [7, 11) is 0. The van der Waals surface area contributed by atoms with Crippen LogP contribution in [0.15, 0.2) is 18.2 Å². The minimum absolute atomic E-state index is 0.0500. The molecule has 1 unspecified atom stereocenters. The summed E-state index contributed by atoms with van der Waals surface area (Å²) in [4.78, 5) is 0. The molecule has 1 heterocycles. The molecule has 1 saturated heterocycles. The molecule has 0 saturated carbocycles. The average Bonchev–Trinajstić information content (AvgIpc) is 2.33. The Balaban J connectivity index is 2.43. The molecule has 0 aliphatic carbocycles. The lowest BCUT2D eigenvalue weighted by Crippen LogP contribution is -2.43. The lowest BCUT2D eigenvalue weighted by Gasteiger charge is -2.37. The van der Waals surface area contributed by atoms with Crippen molar-refractivity contribution in [3.63, 3.8) is 0 Å². The molecule has 0 bridgehead atoms. The Morgan fingerprint density at radius 3 is 2.81 bits per heavy atom. The maximum atomic E-state index is 6.01. The van der Waals surface area contributed by atoms with Crippen molar-refractivity contribution in [2.24, 2.45) is 5.73 Å². The first-order valence-electron chi connectivity index (χ1n) is 6.04. The average molecular weight is 219 g/mol. The van der Waals surface area contributed by atoms with Crippen LogP contribution in [0.2, 0.25) is 0 Å². The number of hydrogen-bond acceptors (Lipinski definition) is 2. The van der Waals surface area contributed by atoms with Crippen LogP contribution in [0.1, 0.15) is 29.5 Å². The number of hydrogen-bond donors (Lipinski definition) is 1. The van der Waals surface area contributed by atoms with Crippen LogP contribution >= 0.6 is 0 Å². The van der Waals surface area contributed by atoms with E-state index >= 15 is 0 Å². The van der Waals surface area contributed by atoms with Crippen molar-refractivity contribution in [1.82, 2.24) is 0 Å². The van der Waals surface area contributed by atoms with Gasteiger partial charge in [0, 0.05) is 18.6 Å². The Morgan fingerprint density at radius 2 is 2.19 bits per heavy atom. The van der Waals surface area contributed by atoms with Crippen LogP contribution < -0.4 is 5.73 Å². The van der Waals surface area contributed by atoms with Crippen LogP contribution in [0.3, 0.4) is 0 Å². The Bertz CT molecular complexity index is 367. The highest BCUT2D eigenvalue weighted by atomic mass is 16.5. The number of rotatable bonds is 2. The van der Waals surface area contributed by atoms with Crippen molar-refractivity contribution in [2.75, 3.05) is 19.8 Å². The summed E-state index contributed by atoms with van der Waals surface area (Å²) in [5.41, 5.74) is 10.2. The van der Waals surface area contributed by atoms with Crippen LogP contribution in [0.25, 0.3) is 0 Å². The van der Waals surface area contributed by atoms with E-state index in [2.05, 4.69) is 32.0 Å². The van der Waals surface area contributed by atoms with E-state index < -0.39 is 0 Å². The van der Waals surface area contributed by atoms with Crippen LogP contribution in [0, 0.1) is 13.8 Å². The van der Waals surface area contributed by atoms with E-state index in [9.17, 15) is 0 Å². The molecule has 0 aromatic heterocycles. The largest absolute Gasteiger partial charge is 0.380 e. The number of ether oxygens (including phenoxy) is 1. The molecule has 2 nitrogen and oxygen atoms in total. The second kappa shape index (κ2) is 4.56. The first kappa shape index (κ1) is 11.6. The van der Waals surface area contributed by atoms with E-state index in [-0.39, 0.29) is 5.41 Å². The summed E-state index contributed by atoms with van der Waals surface area (Å²) in [6.45, 7) is 6.68. The standard InChI is InChI=1S/C14H21NO/c1-11-5-3-6-13(12(11)2)14(9-15)7-4-8-16-10-14/h3,5-6H,4,7-10,15H2,1-2H3. The zero-order valence-electron chi connectivity index (χ0n) is 10.3. The van der Waals surface area contributed by atoms with E-state index in [0.717, 1.165) is 26.1 Å². The van der Waals surface area contributed by atoms with E-state index in [1.165, 1.54) is 16.7 Å². The molecular formula is C14H21NO. The zero-order chi connectivity index (χ0) is 11.6. The molecule has 1 aliphatic rings. The minimum atomic E-state index is 0.0500. The van der Waals surface area contributed by atoms with Crippen LogP contribution in [-0.4, -0.2) is 19.8 Å². The third kappa shape index (κ3) is 1.87. The summed E-state index contributed by atoms with van der Waals surface area (Å²) < 4.78 is 5.65. The molecule has 16 heavy (non-hydrogen) atoms. The van der Waals surface area contributed by atoms with Crippen LogP contribution in [0.4, 0.5) is 0 Å². The molecule has 1 fully saturated rings. The second-order valence-corrected chi connectivity index (χ2v) is 4.89. The lowest BCUT2D eigenvalue weighted by atomic mass is 9.74. The Kier molecular flexibility index (Phi) is 3.31. The Morgan fingerprint density at radius 1 is 1.38 bits per heavy atom. The van der Waals surface area contributed by atoms with Crippen molar-refractivity contribution >= 4 is 0 Å². The summed E-state index contributed by atoms with van der Waals surface area (Å²) in [6.07, 6.45) is 2.26. The predicted octanol–water partition coefficient (Wildman–Crippen LogP) is 2.31. The fourth-order valence-electron chi connectivity index (χ4n) is 2.66.